The predicted octanol–water partition coefficient (Wildman–Crippen LogP) is 3.07. The molecule has 0 fully saturated rings. The molecule has 8 heteroatoms. The number of sulfonamides is 1. The van der Waals surface area contributed by atoms with Gasteiger partial charge in [0.15, 0.2) is 0 Å². The summed E-state index contributed by atoms with van der Waals surface area (Å²) < 4.78 is 25.7. The number of nitrogens with one attached hydrogen (secondary N) is 1. The number of amides is 1. The molecule has 0 radical (unpaired) electrons. The molecule has 0 aliphatic carbocycles. The van der Waals surface area contributed by atoms with Crippen LogP contribution in [0, 0.1) is 13.8 Å². The van der Waals surface area contributed by atoms with Crippen LogP contribution in [-0.2, 0) is 14.8 Å². The molecule has 0 unspecified atom stereocenters. The molecule has 0 saturated carbocycles. The fourth-order valence-electron chi connectivity index (χ4n) is 3.27. The van der Waals surface area contributed by atoms with Crippen LogP contribution in [0.25, 0.3) is 0 Å². The molecule has 0 saturated heterocycles. The minimum absolute atomic E-state index is 0.344. The number of benzene rings is 2. The number of para-hydroxylation sites is 1. The summed E-state index contributed by atoms with van der Waals surface area (Å²) in [6.45, 7) is 9.35. The molecule has 0 aromatic heterocycles. The van der Waals surface area contributed by atoms with Gasteiger partial charge in [0, 0.05) is 18.8 Å². The lowest BCUT2D eigenvalue weighted by molar-refractivity contribution is -0.119. The van der Waals surface area contributed by atoms with Gasteiger partial charge in [-0.3, -0.25) is 9.10 Å². The van der Waals surface area contributed by atoms with Gasteiger partial charge in [0.05, 0.1) is 18.2 Å². The standard InChI is InChI=1S/C22H30N4O3S/c1-6-25(7-2)20-13-11-19(12-14-20)15-23-24-21(27)16-26(30(5,28)29)22-17(3)9-8-10-18(22)4/h8-15H,6-7,16H2,1-5H3,(H,24,27)/b23-15-. The topological polar surface area (TPSA) is 82.1 Å². The highest BCUT2D eigenvalue weighted by molar-refractivity contribution is 7.92. The smallest absolute Gasteiger partial charge is 0.260 e. The van der Waals surface area contributed by atoms with Gasteiger partial charge in [0.1, 0.15) is 6.54 Å². The molecule has 0 heterocycles. The molecule has 0 aliphatic heterocycles. The second kappa shape index (κ2) is 10.2. The van der Waals surface area contributed by atoms with Crippen LogP contribution in [0.5, 0.6) is 0 Å². The van der Waals surface area contributed by atoms with Crippen LogP contribution < -0.4 is 14.6 Å². The second-order valence-corrected chi connectivity index (χ2v) is 8.97. The van der Waals surface area contributed by atoms with Crippen molar-refractivity contribution in [3.8, 4) is 0 Å². The Morgan fingerprint density at radius 1 is 1.03 bits per heavy atom. The van der Waals surface area contributed by atoms with Crippen LogP contribution in [0.2, 0.25) is 0 Å². The second-order valence-electron chi connectivity index (χ2n) is 7.07. The van der Waals surface area contributed by atoms with E-state index in [9.17, 15) is 13.2 Å². The molecular weight excluding hydrogens is 400 g/mol. The molecule has 0 spiro atoms. The largest absolute Gasteiger partial charge is 0.372 e. The van der Waals surface area contributed by atoms with E-state index in [1.165, 1.54) is 6.21 Å². The summed E-state index contributed by atoms with van der Waals surface area (Å²) in [4.78, 5) is 14.6. The SMILES string of the molecule is CCN(CC)c1ccc(/C=N\NC(=O)CN(c2c(C)cccc2C)S(C)(=O)=O)cc1. The van der Waals surface area contributed by atoms with Gasteiger partial charge in [-0.1, -0.05) is 30.3 Å². The molecule has 1 amide bonds. The fourth-order valence-corrected chi connectivity index (χ4v) is 4.24. The van der Waals surface area contributed by atoms with Crippen LogP contribution in [0.1, 0.15) is 30.5 Å². The van der Waals surface area contributed by atoms with Gasteiger partial charge in [0.2, 0.25) is 10.0 Å². The van der Waals surface area contributed by atoms with Crippen molar-refractivity contribution in [2.45, 2.75) is 27.7 Å². The summed E-state index contributed by atoms with van der Waals surface area (Å²) in [5, 5.41) is 3.97. The summed E-state index contributed by atoms with van der Waals surface area (Å²) in [6.07, 6.45) is 2.63. The first-order valence-corrected chi connectivity index (χ1v) is 11.7. The summed E-state index contributed by atoms with van der Waals surface area (Å²) in [6, 6.07) is 13.3. The van der Waals surface area contributed by atoms with E-state index in [2.05, 4.69) is 29.3 Å². The van der Waals surface area contributed by atoms with Crippen LogP contribution >= 0.6 is 0 Å². The van der Waals surface area contributed by atoms with Crippen LogP contribution in [0.3, 0.4) is 0 Å². The average molecular weight is 431 g/mol. The third kappa shape index (κ3) is 6.06. The van der Waals surface area contributed by atoms with Crippen molar-refractivity contribution < 1.29 is 13.2 Å². The molecule has 2 aromatic carbocycles. The summed E-state index contributed by atoms with van der Waals surface area (Å²) >= 11 is 0. The zero-order valence-electron chi connectivity index (χ0n) is 18.2. The maximum absolute atomic E-state index is 12.4. The van der Waals surface area contributed by atoms with Gasteiger partial charge in [-0.15, -0.1) is 0 Å². The van der Waals surface area contributed by atoms with E-state index in [1.54, 1.807) is 0 Å². The van der Waals surface area contributed by atoms with Crippen molar-refractivity contribution in [1.82, 2.24) is 5.43 Å². The first kappa shape index (κ1) is 23.4. The Hall–Kier alpha value is -2.87. The van der Waals surface area contributed by atoms with Gasteiger partial charge in [-0.2, -0.15) is 5.10 Å². The Labute approximate surface area is 179 Å². The van der Waals surface area contributed by atoms with E-state index in [1.807, 2.05) is 56.3 Å². The predicted molar refractivity (Wildman–Crippen MR) is 124 cm³/mol. The maximum atomic E-state index is 12.4. The average Bonchev–Trinajstić information content (AvgIpc) is 2.68. The Balaban J connectivity index is 2.08. The maximum Gasteiger partial charge on any atom is 0.260 e. The summed E-state index contributed by atoms with van der Waals surface area (Å²) in [7, 11) is -3.64. The summed E-state index contributed by atoms with van der Waals surface area (Å²) in [5.41, 5.74) is 6.46. The van der Waals surface area contributed by atoms with Crippen molar-refractivity contribution in [2.75, 3.05) is 35.1 Å². The Kier molecular flexibility index (Phi) is 8.00. The number of hydrogen-bond donors (Lipinski definition) is 1. The van der Waals surface area contributed by atoms with E-state index in [0.717, 1.165) is 46.0 Å². The number of hydrogen-bond acceptors (Lipinski definition) is 5. The molecule has 162 valence electrons. The van der Waals surface area contributed by atoms with Crippen LogP contribution in [0.15, 0.2) is 47.6 Å². The lowest BCUT2D eigenvalue weighted by Crippen LogP contribution is -2.39. The van der Waals surface area contributed by atoms with Gasteiger partial charge < -0.3 is 4.90 Å². The number of carbonyl (C=O) groups is 1. The third-order valence-electron chi connectivity index (χ3n) is 4.80. The highest BCUT2D eigenvalue weighted by atomic mass is 32.2. The van der Waals surface area contributed by atoms with Crippen molar-refractivity contribution >= 4 is 33.5 Å². The molecule has 2 aromatic rings. The molecule has 1 N–H and O–H groups in total. The van der Waals surface area contributed by atoms with E-state index >= 15 is 0 Å². The van der Waals surface area contributed by atoms with E-state index in [4.69, 9.17) is 0 Å². The van der Waals surface area contributed by atoms with E-state index in [-0.39, 0.29) is 6.54 Å². The van der Waals surface area contributed by atoms with Gasteiger partial charge >= 0.3 is 0 Å². The summed E-state index contributed by atoms with van der Waals surface area (Å²) in [5.74, 6) is -0.515. The number of anilines is 2. The van der Waals surface area contributed by atoms with Crippen LogP contribution in [0.4, 0.5) is 11.4 Å². The Morgan fingerprint density at radius 3 is 2.10 bits per heavy atom. The molecule has 7 nitrogen and oxygen atoms in total. The molecule has 0 atom stereocenters. The minimum Gasteiger partial charge on any atom is -0.372 e. The van der Waals surface area contributed by atoms with E-state index in [0.29, 0.717) is 5.69 Å². The molecule has 0 bridgehead atoms. The molecule has 2 rings (SSSR count). The minimum atomic E-state index is -3.64. The third-order valence-corrected chi connectivity index (χ3v) is 5.91. The van der Waals surface area contributed by atoms with Gasteiger partial charge in [-0.25, -0.2) is 13.8 Å². The van der Waals surface area contributed by atoms with Crippen molar-refractivity contribution in [3.63, 3.8) is 0 Å². The molecule has 30 heavy (non-hydrogen) atoms. The highest BCUT2D eigenvalue weighted by Crippen LogP contribution is 2.26. The highest BCUT2D eigenvalue weighted by Gasteiger charge is 2.23. The fraction of sp³-hybridized carbons (Fsp3) is 0.364. The first-order chi connectivity index (χ1) is 14.2. The first-order valence-electron chi connectivity index (χ1n) is 9.88. The van der Waals surface area contributed by atoms with E-state index < -0.39 is 15.9 Å². The quantitative estimate of drug-likeness (QED) is 0.490. The Morgan fingerprint density at radius 2 is 1.60 bits per heavy atom. The van der Waals surface area contributed by atoms with Crippen molar-refractivity contribution in [1.29, 1.82) is 0 Å². The number of rotatable bonds is 9. The lowest BCUT2D eigenvalue weighted by Gasteiger charge is -2.25. The normalized spacial score (nSPS) is 11.5. The van der Waals surface area contributed by atoms with Crippen molar-refractivity contribution in [2.24, 2.45) is 5.10 Å². The number of aryl methyl sites for hydroxylation is 2. The number of hydrazone groups is 1. The van der Waals surface area contributed by atoms with Crippen LogP contribution in [-0.4, -0.2) is 46.4 Å². The molecular formula is C22H30N4O3S. The Bertz CT molecular complexity index is 977. The zero-order chi connectivity index (χ0) is 22.3. The zero-order valence-corrected chi connectivity index (χ0v) is 19.0. The van der Waals surface area contributed by atoms with Crippen molar-refractivity contribution in [3.05, 3.63) is 59.2 Å². The van der Waals surface area contributed by atoms with Gasteiger partial charge in [-0.05, 0) is 56.5 Å². The monoisotopic (exact) mass is 430 g/mol. The molecule has 0 aliphatic rings. The van der Waals surface area contributed by atoms with Gasteiger partial charge in [0.25, 0.3) is 5.91 Å². The lowest BCUT2D eigenvalue weighted by atomic mass is 10.1. The number of nitrogens with zero attached hydrogens (tertiary/aromatic N) is 3. The number of carbonyl (C=O) groups excluding carboxylic acids is 1.